The van der Waals surface area contributed by atoms with E-state index >= 15 is 0 Å². The molecule has 10 heteroatoms. The number of nitro groups is 1. The van der Waals surface area contributed by atoms with Crippen LogP contribution in [0.15, 0.2) is 41.6 Å². The van der Waals surface area contributed by atoms with Crippen LogP contribution in [0.5, 0.6) is 0 Å². The molecule has 1 N–H and O–H groups in total. The Balaban J connectivity index is 2.44. The van der Waals surface area contributed by atoms with E-state index in [4.69, 9.17) is 23.2 Å². The lowest BCUT2D eigenvalue weighted by atomic mass is 10.3. The summed E-state index contributed by atoms with van der Waals surface area (Å²) in [5.74, 6) is 0. The Morgan fingerprint density at radius 3 is 2.52 bits per heavy atom. The molecule has 0 aliphatic heterocycles. The van der Waals surface area contributed by atoms with Gasteiger partial charge in [0.05, 0.1) is 20.7 Å². The molecule has 2 aromatic rings. The van der Waals surface area contributed by atoms with Gasteiger partial charge in [0, 0.05) is 24.5 Å². The van der Waals surface area contributed by atoms with Crippen molar-refractivity contribution in [2.75, 3.05) is 4.72 Å². The zero-order valence-corrected chi connectivity index (χ0v) is 12.5. The van der Waals surface area contributed by atoms with Crippen LogP contribution in [0.4, 0.5) is 11.4 Å². The Hall–Kier alpha value is -1.90. The first kappa shape index (κ1) is 15.5. The molecule has 0 bridgehead atoms. The monoisotopic (exact) mass is 347 g/mol. The maximum Gasteiger partial charge on any atom is 0.271 e. The molecule has 110 valence electrons. The van der Waals surface area contributed by atoms with E-state index in [1.165, 1.54) is 18.3 Å². The average molecular weight is 348 g/mol. The lowest BCUT2D eigenvalue weighted by Gasteiger charge is -2.10. The van der Waals surface area contributed by atoms with Crippen LogP contribution in [0.1, 0.15) is 0 Å². The van der Waals surface area contributed by atoms with Crippen LogP contribution in [-0.4, -0.2) is 18.3 Å². The van der Waals surface area contributed by atoms with Crippen molar-refractivity contribution in [3.63, 3.8) is 0 Å². The Morgan fingerprint density at radius 2 is 1.90 bits per heavy atom. The molecule has 0 atom stereocenters. The number of nitrogens with one attached hydrogen (secondary N) is 1. The van der Waals surface area contributed by atoms with Gasteiger partial charge in [-0.05, 0) is 12.1 Å². The van der Waals surface area contributed by atoms with Crippen molar-refractivity contribution in [2.45, 2.75) is 4.90 Å². The summed E-state index contributed by atoms with van der Waals surface area (Å²) in [5.41, 5.74) is -0.417. The van der Waals surface area contributed by atoms with Crippen LogP contribution in [0.3, 0.4) is 0 Å². The minimum absolute atomic E-state index is 0.0178. The molecule has 1 aromatic heterocycles. The molecule has 0 amide bonds. The van der Waals surface area contributed by atoms with Crippen molar-refractivity contribution in [2.24, 2.45) is 0 Å². The normalized spacial score (nSPS) is 11.1. The lowest BCUT2D eigenvalue weighted by Crippen LogP contribution is -2.14. The zero-order valence-electron chi connectivity index (χ0n) is 10.2. The highest BCUT2D eigenvalue weighted by Crippen LogP contribution is 2.30. The maximum absolute atomic E-state index is 12.2. The quantitative estimate of drug-likeness (QED) is 0.676. The standard InChI is InChI=1S/C11H7Cl2N3O4S/c12-8-2-1-7(16(17)18)5-10(8)15-21(19,20)11-6-14-4-3-9(11)13/h1-6,15H. The van der Waals surface area contributed by atoms with Crippen LogP contribution >= 0.6 is 23.2 Å². The average Bonchev–Trinajstić information content (AvgIpc) is 2.41. The number of benzene rings is 1. The molecule has 0 radical (unpaired) electrons. The van der Waals surface area contributed by atoms with Crippen molar-refractivity contribution < 1.29 is 13.3 Å². The number of anilines is 1. The number of pyridine rings is 1. The molecular weight excluding hydrogens is 341 g/mol. The Bertz CT molecular complexity index is 811. The van der Waals surface area contributed by atoms with Crippen molar-refractivity contribution in [3.8, 4) is 0 Å². The molecule has 1 heterocycles. The topological polar surface area (TPSA) is 102 Å². The summed E-state index contributed by atoms with van der Waals surface area (Å²) in [5, 5.41) is 10.7. The molecule has 2 rings (SSSR count). The number of nitrogens with zero attached hydrogens (tertiary/aromatic N) is 2. The number of hydrogen-bond donors (Lipinski definition) is 1. The van der Waals surface area contributed by atoms with E-state index < -0.39 is 14.9 Å². The second-order valence-corrected chi connectivity index (χ2v) is 6.30. The SMILES string of the molecule is O=[N+]([O-])c1ccc(Cl)c(NS(=O)(=O)c2cnccc2Cl)c1. The second-order valence-electron chi connectivity index (χ2n) is 3.83. The largest absolute Gasteiger partial charge is 0.278 e. The van der Waals surface area contributed by atoms with Gasteiger partial charge in [-0.1, -0.05) is 23.2 Å². The van der Waals surface area contributed by atoms with E-state index in [2.05, 4.69) is 9.71 Å². The van der Waals surface area contributed by atoms with E-state index in [0.717, 1.165) is 18.3 Å². The van der Waals surface area contributed by atoms with Gasteiger partial charge in [0.1, 0.15) is 4.90 Å². The molecule has 0 unspecified atom stereocenters. The van der Waals surface area contributed by atoms with Crippen LogP contribution in [-0.2, 0) is 10.0 Å². The first-order valence-corrected chi connectivity index (χ1v) is 7.61. The molecule has 1 aromatic carbocycles. The first-order valence-electron chi connectivity index (χ1n) is 5.37. The predicted molar refractivity (Wildman–Crippen MR) is 78.2 cm³/mol. The molecule has 0 spiro atoms. The molecule has 21 heavy (non-hydrogen) atoms. The van der Waals surface area contributed by atoms with Crippen molar-refractivity contribution in [3.05, 3.63) is 56.8 Å². The van der Waals surface area contributed by atoms with Crippen LogP contribution in [0, 0.1) is 10.1 Å². The van der Waals surface area contributed by atoms with Gasteiger partial charge in [-0.2, -0.15) is 0 Å². The number of aromatic nitrogens is 1. The summed E-state index contributed by atoms with van der Waals surface area (Å²) >= 11 is 11.6. The van der Waals surface area contributed by atoms with Crippen molar-refractivity contribution >= 4 is 44.6 Å². The van der Waals surface area contributed by atoms with Crippen LogP contribution in [0.25, 0.3) is 0 Å². The van der Waals surface area contributed by atoms with E-state index in [1.807, 2.05) is 0 Å². The molecule has 0 aliphatic carbocycles. The Labute approximate surface area is 129 Å². The van der Waals surface area contributed by atoms with E-state index in [0.29, 0.717) is 0 Å². The van der Waals surface area contributed by atoms with Gasteiger partial charge in [0.2, 0.25) is 0 Å². The summed E-state index contributed by atoms with van der Waals surface area (Å²) in [6.07, 6.45) is 2.40. The van der Waals surface area contributed by atoms with E-state index in [1.54, 1.807) is 0 Å². The summed E-state index contributed by atoms with van der Waals surface area (Å²) in [4.78, 5) is 13.5. The Morgan fingerprint density at radius 1 is 1.19 bits per heavy atom. The number of sulfonamides is 1. The van der Waals surface area contributed by atoms with Gasteiger partial charge in [0.25, 0.3) is 15.7 Å². The highest BCUT2D eigenvalue weighted by atomic mass is 35.5. The van der Waals surface area contributed by atoms with E-state index in [9.17, 15) is 18.5 Å². The maximum atomic E-state index is 12.2. The smallest absolute Gasteiger partial charge is 0.271 e. The number of non-ortho nitro benzene ring substituents is 1. The third-order valence-electron chi connectivity index (χ3n) is 2.43. The predicted octanol–water partition coefficient (Wildman–Crippen LogP) is 3.10. The molecule has 0 saturated heterocycles. The summed E-state index contributed by atoms with van der Waals surface area (Å²) in [7, 11) is -4.06. The van der Waals surface area contributed by atoms with Gasteiger partial charge in [-0.15, -0.1) is 0 Å². The minimum atomic E-state index is -4.06. The van der Waals surface area contributed by atoms with Gasteiger partial charge >= 0.3 is 0 Å². The summed E-state index contributed by atoms with van der Waals surface area (Å²) < 4.78 is 26.5. The number of halogens is 2. The molecule has 0 aliphatic rings. The molecule has 0 fully saturated rings. The van der Waals surface area contributed by atoms with Crippen LogP contribution < -0.4 is 4.72 Å². The van der Waals surface area contributed by atoms with Crippen molar-refractivity contribution in [1.29, 1.82) is 0 Å². The number of hydrogen-bond acceptors (Lipinski definition) is 5. The molecule has 0 saturated carbocycles. The fourth-order valence-corrected chi connectivity index (χ4v) is 3.19. The second kappa shape index (κ2) is 5.84. The summed E-state index contributed by atoms with van der Waals surface area (Å²) in [6, 6.07) is 4.72. The van der Waals surface area contributed by atoms with Gasteiger partial charge < -0.3 is 0 Å². The molecular formula is C11H7Cl2N3O4S. The molecule has 7 nitrogen and oxygen atoms in total. The van der Waals surface area contributed by atoms with E-state index in [-0.39, 0.29) is 26.3 Å². The van der Waals surface area contributed by atoms with Gasteiger partial charge in [0.15, 0.2) is 0 Å². The van der Waals surface area contributed by atoms with Gasteiger partial charge in [-0.25, -0.2) is 8.42 Å². The fraction of sp³-hybridized carbons (Fsp3) is 0. The van der Waals surface area contributed by atoms with Crippen LogP contribution in [0.2, 0.25) is 10.0 Å². The van der Waals surface area contributed by atoms with Crippen molar-refractivity contribution in [1.82, 2.24) is 4.98 Å². The third-order valence-corrected chi connectivity index (χ3v) is 4.59. The number of rotatable bonds is 4. The zero-order chi connectivity index (χ0) is 15.6. The fourth-order valence-electron chi connectivity index (χ4n) is 1.47. The highest BCUT2D eigenvalue weighted by Gasteiger charge is 2.20. The lowest BCUT2D eigenvalue weighted by molar-refractivity contribution is -0.384. The van der Waals surface area contributed by atoms with Gasteiger partial charge in [-0.3, -0.25) is 19.8 Å². The Kier molecular flexibility index (Phi) is 4.31. The summed E-state index contributed by atoms with van der Waals surface area (Å²) in [6.45, 7) is 0. The highest BCUT2D eigenvalue weighted by molar-refractivity contribution is 7.92. The minimum Gasteiger partial charge on any atom is -0.278 e. The third kappa shape index (κ3) is 3.41. The number of nitro benzene ring substituents is 1. The first-order chi connectivity index (χ1) is 9.81.